The molecule has 1 aromatic rings. The van der Waals surface area contributed by atoms with E-state index in [2.05, 4.69) is 10.0 Å². The molecule has 0 aliphatic heterocycles. The van der Waals surface area contributed by atoms with E-state index in [4.69, 9.17) is 15.4 Å². The first-order valence-corrected chi connectivity index (χ1v) is 5.16. The zero-order chi connectivity index (χ0) is 12.7. The molecule has 0 spiro atoms. The van der Waals surface area contributed by atoms with Gasteiger partial charge >= 0.3 is 5.97 Å². The van der Waals surface area contributed by atoms with Gasteiger partial charge in [0.25, 0.3) is 0 Å². The van der Waals surface area contributed by atoms with Crippen molar-refractivity contribution < 1.29 is 14.6 Å². The fraction of sp³-hybridized carbons (Fsp3) is 0.364. The predicted molar refractivity (Wildman–Crippen MR) is 61.4 cm³/mol. The summed E-state index contributed by atoms with van der Waals surface area (Å²) in [6.07, 6.45) is 0.253. The first-order valence-electron chi connectivity index (χ1n) is 5.16. The van der Waals surface area contributed by atoms with Crippen molar-refractivity contribution in [3.8, 4) is 5.75 Å². The number of nitrogens with zero attached hydrogens (tertiary/aromatic N) is 3. The Bertz CT molecular complexity index is 424. The summed E-state index contributed by atoms with van der Waals surface area (Å²) in [5.41, 5.74) is 9.17. The summed E-state index contributed by atoms with van der Waals surface area (Å²) in [6.45, 7) is 1.93. The molecular weight excluding hydrogens is 222 g/mol. The molecule has 0 aliphatic carbocycles. The monoisotopic (exact) mass is 235 g/mol. The summed E-state index contributed by atoms with van der Waals surface area (Å²) in [5, 5.41) is 12.5. The van der Waals surface area contributed by atoms with Crippen molar-refractivity contribution in [3.05, 3.63) is 40.3 Å². The lowest BCUT2D eigenvalue weighted by Gasteiger charge is -2.09. The van der Waals surface area contributed by atoms with Crippen molar-refractivity contribution >= 4 is 5.97 Å². The van der Waals surface area contributed by atoms with Gasteiger partial charge in [0, 0.05) is 4.91 Å². The third-order valence-electron chi connectivity index (χ3n) is 2.12. The van der Waals surface area contributed by atoms with E-state index in [1.165, 1.54) is 12.1 Å². The normalized spacial score (nSPS) is 11.4. The maximum Gasteiger partial charge on any atom is 0.315 e. The quantitative estimate of drug-likeness (QED) is 0.366. The molecule has 1 aromatic carbocycles. The molecule has 6 heteroatoms. The van der Waals surface area contributed by atoms with Crippen molar-refractivity contribution in [1.82, 2.24) is 0 Å². The van der Waals surface area contributed by atoms with E-state index in [1.807, 2.05) is 0 Å². The smallest absolute Gasteiger partial charge is 0.315 e. The van der Waals surface area contributed by atoms with Crippen LogP contribution >= 0.6 is 0 Å². The van der Waals surface area contributed by atoms with Crippen LogP contribution < -0.4 is 0 Å². The van der Waals surface area contributed by atoms with Crippen LogP contribution in [0.25, 0.3) is 10.4 Å². The Labute approximate surface area is 98.5 Å². The Balaban J connectivity index is 2.76. The maximum atomic E-state index is 11.5. The van der Waals surface area contributed by atoms with Gasteiger partial charge in [0.1, 0.15) is 11.8 Å². The van der Waals surface area contributed by atoms with Crippen LogP contribution in [0.2, 0.25) is 0 Å². The number of hydrogen-bond donors (Lipinski definition) is 1. The van der Waals surface area contributed by atoms with Crippen molar-refractivity contribution in [1.29, 1.82) is 0 Å². The standard InChI is InChI=1S/C11H13N3O3/c1-2-17-11(16)10(13-14-12)7-8-3-5-9(15)6-4-8/h3-6,10,15H,2,7H2,1H3/t10-/m1/s1. The number of rotatable bonds is 5. The average Bonchev–Trinajstić information content (AvgIpc) is 2.31. The molecule has 0 aromatic heterocycles. The van der Waals surface area contributed by atoms with Crippen LogP contribution in [-0.2, 0) is 16.0 Å². The van der Waals surface area contributed by atoms with Crippen molar-refractivity contribution in [2.75, 3.05) is 6.61 Å². The molecule has 1 atom stereocenters. The van der Waals surface area contributed by atoms with E-state index in [0.29, 0.717) is 0 Å². The van der Waals surface area contributed by atoms with Crippen LogP contribution in [0.4, 0.5) is 0 Å². The second-order valence-corrected chi connectivity index (χ2v) is 3.34. The minimum absolute atomic E-state index is 0.144. The fourth-order valence-electron chi connectivity index (χ4n) is 1.33. The zero-order valence-corrected chi connectivity index (χ0v) is 9.41. The van der Waals surface area contributed by atoms with E-state index in [0.717, 1.165) is 5.56 Å². The number of ether oxygens (including phenoxy) is 1. The summed E-state index contributed by atoms with van der Waals surface area (Å²) >= 11 is 0. The van der Waals surface area contributed by atoms with Gasteiger partial charge in [-0.15, -0.1) is 0 Å². The Morgan fingerprint density at radius 3 is 2.71 bits per heavy atom. The van der Waals surface area contributed by atoms with Gasteiger partial charge < -0.3 is 9.84 Å². The lowest BCUT2D eigenvalue weighted by atomic mass is 10.1. The highest BCUT2D eigenvalue weighted by Gasteiger charge is 2.18. The third-order valence-corrected chi connectivity index (χ3v) is 2.12. The summed E-state index contributed by atoms with van der Waals surface area (Å²) < 4.78 is 4.80. The molecule has 0 heterocycles. The van der Waals surface area contributed by atoms with Crippen molar-refractivity contribution in [3.63, 3.8) is 0 Å². The minimum Gasteiger partial charge on any atom is -0.508 e. The zero-order valence-electron chi connectivity index (χ0n) is 9.41. The predicted octanol–water partition coefficient (Wildman–Crippen LogP) is 2.18. The molecule has 0 unspecified atom stereocenters. The molecule has 6 nitrogen and oxygen atoms in total. The average molecular weight is 235 g/mol. The largest absolute Gasteiger partial charge is 0.508 e. The second kappa shape index (κ2) is 6.40. The Morgan fingerprint density at radius 1 is 1.53 bits per heavy atom. The van der Waals surface area contributed by atoms with E-state index < -0.39 is 12.0 Å². The molecule has 0 saturated carbocycles. The van der Waals surface area contributed by atoms with Crippen LogP contribution in [-0.4, -0.2) is 23.7 Å². The molecule has 0 saturated heterocycles. The Morgan fingerprint density at radius 2 is 2.18 bits per heavy atom. The third kappa shape index (κ3) is 4.04. The van der Waals surface area contributed by atoms with Gasteiger partial charge in [-0.2, -0.15) is 0 Å². The topological polar surface area (TPSA) is 95.3 Å². The van der Waals surface area contributed by atoms with Gasteiger partial charge in [0.15, 0.2) is 0 Å². The van der Waals surface area contributed by atoms with Crippen molar-refractivity contribution in [2.24, 2.45) is 5.11 Å². The van der Waals surface area contributed by atoms with Crippen LogP contribution in [0.5, 0.6) is 5.75 Å². The Hall–Kier alpha value is -2.20. The van der Waals surface area contributed by atoms with Gasteiger partial charge in [-0.05, 0) is 36.6 Å². The van der Waals surface area contributed by atoms with Crippen LogP contribution in [0.3, 0.4) is 0 Å². The van der Waals surface area contributed by atoms with Crippen molar-refractivity contribution in [2.45, 2.75) is 19.4 Å². The molecule has 0 radical (unpaired) electrons. The van der Waals surface area contributed by atoms with Crippen LogP contribution in [0.1, 0.15) is 12.5 Å². The van der Waals surface area contributed by atoms with Gasteiger partial charge in [0.2, 0.25) is 0 Å². The highest BCUT2D eigenvalue weighted by atomic mass is 16.5. The molecule has 0 aliphatic rings. The Kier molecular flexibility index (Phi) is 4.84. The highest BCUT2D eigenvalue weighted by molar-refractivity contribution is 5.76. The fourth-order valence-corrected chi connectivity index (χ4v) is 1.33. The molecular formula is C11H13N3O3. The number of phenols is 1. The molecule has 17 heavy (non-hydrogen) atoms. The number of phenolic OH excluding ortho intramolecular Hbond substituents is 1. The number of hydrogen-bond acceptors (Lipinski definition) is 4. The number of esters is 1. The number of azide groups is 1. The van der Waals surface area contributed by atoms with E-state index in [9.17, 15) is 4.79 Å². The first kappa shape index (κ1) is 12.9. The van der Waals surface area contributed by atoms with Crippen LogP contribution in [0.15, 0.2) is 29.4 Å². The highest BCUT2D eigenvalue weighted by Crippen LogP contribution is 2.13. The van der Waals surface area contributed by atoms with Gasteiger partial charge in [-0.1, -0.05) is 17.2 Å². The molecule has 0 fully saturated rings. The SMILES string of the molecule is CCOC(=O)[C@@H](Cc1ccc(O)cc1)N=[N+]=[N-]. The lowest BCUT2D eigenvalue weighted by Crippen LogP contribution is -2.23. The number of carbonyl (C=O) groups is 1. The number of carbonyl (C=O) groups excluding carboxylic acids is 1. The number of aromatic hydroxyl groups is 1. The summed E-state index contributed by atoms with van der Waals surface area (Å²) in [7, 11) is 0. The van der Waals surface area contributed by atoms with E-state index in [-0.39, 0.29) is 18.8 Å². The lowest BCUT2D eigenvalue weighted by molar-refractivity contribution is -0.144. The van der Waals surface area contributed by atoms with Gasteiger partial charge in [0.05, 0.1) is 6.61 Å². The summed E-state index contributed by atoms with van der Waals surface area (Å²) in [6, 6.07) is 5.47. The van der Waals surface area contributed by atoms with Gasteiger partial charge in [-0.25, -0.2) is 0 Å². The van der Waals surface area contributed by atoms with E-state index >= 15 is 0 Å². The van der Waals surface area contributed by atoms with Crippen LogP contribution in [0, 0.1) is 0 Å². The summed E-state index contributed by atoms with van der Waals surface area (Å²) in [5.74, 6) is -0.399. The first-order chi connectivity index (χ1) is 8.17. The molecule has 1 rings (SSSR count). The molecule has 1 N–H and O–H groups in total. The molecule has 90 valence electrons. The minimum atomic E-state index is -0.871. The number of benzene rings is 1. The maximum absolute atomic E-state index is 11.5. The second-order valence-electron chi connectivity index (χ2n) is 3.34. The molecule has 0 bridgehead atoms. The summed E-state index contributed by atoms with van der Waals surface area (Å²) in [4.78, 5) is 14.1. The molecule has 0 amide bonds. The van der Waals surface area contributed by atoms with Gasteiger partial charge in [-0.3, -0.25) is 4.79 Å². The van der Waals surface area contributed by atoms with E-state index in [1.54, 1.807) is 19.1 Å².